The molecule has 178 valence electrons. The predicted octanol–water partition coefficient (Wildman–Crippen LogP) is 3.68. The lowest BCUT2D eigenvalue weighted by molar-refractivity contribution is -0.148. The number of halogens is 4. The van der Waals surface area contributed by atoms with Crippen LogP contribution in [0.15, 0.2) is 27.8 Å². The number of aliphatic imine (C=N–C) groups is 1. The topological polar surface area (TPSA) is 62.0 Å². The third-order valence-corrected chi connectivity index (χ3v) is 5.73. The van der Waals surface area contributed by atoms with Crippen LogP contribution in [0, 0.1) is 11.8 Å². The van der Waals surface area contributed by atoms with Crippen LogP contribution < -0.4 is 10.6 Å². The summed E-state index contributed by atoms with van der Waals surface area (Å²) in [5, 5.41) is 6.75. The Morgan fingerprint density at radius 3 is 2.55 bits per heavy atom. The zero-order valence-electron chi connectivity index (χ0n) is 17.8. The lowest BCUT2D eigenvalue weighted by Gasteiger charge is -2.32. The van der Waals surface area contributed by atoms with Crippen molar-refractivity contribution < 1.29 is 22.3 Å². The maximum absolute atomic E-state index is 12.5. The van der Waals surface area contributed by atoms with Crippen LogP contribution in [-0.4, -0.2) is 69.5 Å². The van der Waals surface area contributed by atoms with Crippen molar-refractivity contribution in [1.82, 2.24) is 15.5 Å². The third kappa shape index (κ3) is 10.4. The molecular formula is C21H34F3IN4O2. The van der Waals surface area contributed by atoms with Crippen LogP contribution in [0.5, 0.6) is 0 Å². The maximum Gasteiger partial charge on any atom is 0.401 e. The van der Waals surface area contributed by atoms with Crippen molar-refractivity contribution in [3.63, 3.8) is 0 Å². The molecule has 6 nitrogen and oxygen atoms in total. The van der Waals surface area contributed by atoms with Gasteiger partial charge in [0, 0.05) is 38.6 Å². The van der Waals surface area contributed by atoms with Gasteiger partial charge in [-0.05, 0) is 56.8 Å². The van der Waals surface area contributed by atoms with E-state index in [-0.39, 0.29) is 24.0 Å². The number of hydrogen-bond acceptors (Lipinski definition) is 4. The molecule has 2 aliphatic heterocycles. The average molecular weight is 558 g/mol. The van der Waals surface area contributed by atoms with Crippen molar-refractivity contribution in [3.8, 4) is 0 Å². The molecule has 1 aromatic rings. The second-order valence-electron chi connectivity index (χ2n) is 8.23. The first-order valence-electron chi connectivity index (χ1n) is 10.9. The molecule has 0 radical (unpaired) electrons. The molecule has 0 saturated carbocycles. The standard InChI is InChI=1S/C21H33F3N4O2.HI/c22-21(23,24)16-28-10-5-17(6-11-28)3-8-25-20(27-14-18-7-13-29-15-18)26-9-4-19-2-1-12-30-19;/h1-2,12,17-18H,3-11,13-16H2,(H2,25,26,27);1H. The van der Waals surface area contributed by atoms with Crippen molar-refractivity contribution in [2.75, 3.05) is 52.5 Å². The van der Waals surface area contributed by atoms with Gasteiger partial charge in [-0.3, -0.25) is 9.89 Å². The molecule has 1 aromatic heterocycles. The van der Waals surface area contributed by atoms with Crippen molar-refractivity contribution in [1.29, 1.82) is 0 Å². The van der Waals surface area contributed by atoms with Crippen LogP contribution >= 0.6 is 24.0 Å². The van der Waals surface area contributed by atoms with E-state index in [0.717, 1.165) is 76.7 Å². The summed E-state index contributed by atoms with van der Waals surface area (Å²) in [4.78, 5) is 6.22. The van der Waals surface area contributed by atoms with E-state index in [4.69, 9.17) is 14.1 Å². The molecule has 1 unspecified atom stereocenters. The molecule has 0 amide bonds. The van der Waals surface area contributed by atoms with Gasteiger partial charge in [-0.1, -0.05) is 0 Å². The molecule has 0 spiro atoms. The minimum atomic E-state index is -4.11. The van der Waals surface area contributed by atoms with Gasteiger partial charge in [-0.2, -0.15) is 13.2 Å². The number of nitrogens with one attached hydrogen (secondary N) is 2. The fraction of sp³-hybridized carbons (Fsp3) is 0.762. The Labute approximate surface area is 199 Å². The lowest BCUT2D eigenvalue weighted by atomic mass is 9.93. The van der Waals surface area contributed by atoms with Gasteiger partial charge >= 0.3 is 6.18 Å². The molecule has 10 heteroatoms. The van der Waals surface area contributed by atoms with E-state index in [1.54, 1.807) is 6.26 Å². The summed E-state index contributed by atoms with van der Waals surface area (Å²) in [6.07, 6.45) is 1.95. The van der Waals surface area contributed by atoms with E-state index < -0.39 is 12.7 Å². The quantitative estimate of drug-likeness (QED) is 0.275. The summed E-state index contributed by atoms with van der Waals surface area (Å²) in [7, 11) is 0. The number of hydrogen-bond donors (Lipinski definition) is 2. The van der Waals surface area contributed by atoms with E-state index >= 15 is 0 Å². The van der Waals surface area contributed by atoms with Crippen LogP contribution in [0.3, 0.4) is 0 Å². The first-order chi connectivity index (χ1) is 14.5. The zero-order chi connectivity index (χ0) is 21.2. The Bertz CT molecular complexity index is 629. The summed E-state index contributed by atoms with van der Waals surface area (Å²) in [5.41, 5.74) is 0. The highest BCUT2D eigenvalue weighted by Gasteiger charge is 2.32. The molecular weight excluding hydrogens is 524 g/mol. The second kappa shape index (κ2) is 13.5. The molecule has 3 rings (SSSR count). The van der Waals surface area contributed by atoms with Gasteiger partial charge in [-0.25, -0.2) is 0 Å². The zero-order valence-corrected chi connectivity index (χ0v) is 20.2. The molecule has 1 atom stereocenters. The summed E-state index contributed by atoms with van der Waals surface area (Å²) < 4.78 is 48.3. The van der Waals surface area contributed by atoms with Crippen LogP contribution in [0.2, 0.25) is 0 Å². The van der Waals surface area contributed by atoms with Crippen molar-refractivity contribution in [2.24, 2.45) is 16.8 Å². The minimum Gasteiger partial charge on any atom is -0.469 e. The maximum atomic E-state index is 12.5. The van der Waals surface area contributed by atoms with E-state index in [9.17, 15) is 13.2 Å². The Kier molecular flexibility index (Phi) is 11.4. The summed E-state index contributed by atoms with van der Waals surface area (Å²) in [6.45, 7) is 4.03. The smallest absolute Gasteiger partial charge is 0.401 e. The number of likely N-dealkylation sites (tertiary alicyclic amines) is 1. The van der Waals surface area contributed by atoms with Crippen molar-refractivity contribution >= 4 is 29.9 Å². The highest BCUT2D eigenvalue weighted by atomic mass is 127. The normalized spacial score (nSPS) is 21.1. The van der Waals surface area contributed by atoms with Gasteiger partial charge in [0.05, 0.1) is 19.4 Å². The van der Waals surface area contributed by atoms with Gasteiger partial charge in [0.15, 0.2) is 5.96 Å². The molecule has 0 bridgehead atoms. The third-order valence-electron chi connectivity index (χ3n) is 5.73. The number of alkyl halides is 3. The van der Waals surface area contributed by atoms with Gasteiger partial charge in [-0.15, -0.1) is 24.0 Å². The van der Waals surface area contributed by atoms with E-state index in [1.807, 2.05) is 12.1 Å². The Morgan fingerprint density at radius 1 is 1.13 bits per heavy atom. The first-order valence-corrected chi connectivity index (χ1v) is 10.9. The minimum absolute atomic E-state index is 0. The molecule has 2 fully saturated rings. The van der Waals surface area contributed by atoms with Crippen molar-refractivity contribution in [2.45, 2.75) is 38.3 Å². The van der Waals surface area contributed by atoms with Crippen molar-refractivity contribution in [3.05, 3.63) is 24.2 Å². The first kappa shape index (κ1) is 26.2. The molecule has 0 aromatic carbocycles. The van der Waals surface area contributed by atoms with E-state index in [2.05, 4.69) is 10.6 Å². The van der Waals surface area contributed by atoms with Gasteiger partial charge in [0.1, 0.15) is 5.76 Å². The Balaban J connectivity index is 0.00000341. The second-order valence-corrected chi connectivity index (χ2v) is 8.23. The highest BCUT2D eigenvalue weighted by molar-refractivity contribution is 14.0. The highest BCUT2D eigenvalue weighted by Crippen LogP contribution is 2.24. The molecule has 0 aliphatic carbocycles. The number of rotatable bonds is 9. The van der Waals surface area contributed by atoms with E-state index in [0.29, 0.717) is 24.9 Å². The van der Waals surface area contributed by atoms with Crippen LogP contribution in [0.4, 0.5) is 13.2 Å². The number of nitrogens with zero attached hydrogens (tertiary/aromatic N) is 2. The Morgan fingerprint density at radius 2 is 1.90 bits per heavy atom. The molecule has 2 aliphatic rings. The number of ether oxygens (including phenoxy) is 1. The van der Waals surface area contributed by atoms with Gasteiger partial charge in [0.25, 0.3) is 0 Å². The van der Waals surface area contributed by atoms with Crippen LogP contribution in [-0.2, 0) is 11.2 Å². The molecule has 2 N–H and O–H groups in total. The average Bonchev–Trinajstić information content (AvgIpc) is 3.40. The molecule has 31 heavy (non-hydrogen) atoms. The largest absolute Gasteiger partial charge is 0.469 e. The Hall–Kier alpha value is -1.01. The monoisotopic (exact) mass is 558 g/mol. The van der Waals surface area contributed by atoms with E-state index in [1.165, 1.54) is 4.90 Å². The number of furan rings is 1. The van der Waals surface area contributed by atoms with Crippen LogP contribution in [0.25, 0.3) is 0 Å². The lowest BCUT2D eigenvalue weighted by Crippen LogP contribution is -2.42. The number of guanidine groups is 1. The van der Waals surface area contributed by atoms with Gasteiger partial charge < -0.3 is 19.8 Å². The molecule has 2 saturated heterocycles. The molecule has 3 heterocycles. The fourth-order valence-corrected chi connectivity index (χ4v) is 3.96. The van der Waals surface area contributed by atoms with Crippen LogP contribution in [0.1, 0.15) is 31.4 Å². The fourth-order valence-electron chi connectivity index (χ4n) is 3.96. The summed E-state index contributed by atoms with van der Waals surface area (Å²) in [6, 6.07) is 3.83. The SMILES string of the molecule is FC(F)(F)CN1CCC(CCNC(=NCC2CCOC2)NCCc2ccco2)CC1.I. The summed E-state index contributed by atoms with van der Waals surface area (Å²) in [5.74, 6) is 2.63. The number of piperidine rings is 1. The summed E-state index contributed by atoms with van der Waals surface area (Å²) >= 11 is 0. The predicted molar refractivity (Wildman–Crippen MR) is 125 cm³/mol. The van der Waals surface area contributed by atoms with Gasteiger partial charge in [0.2, 0.25) is 0 Å².